The van der Waals surface area contributed by atoms with Gasteiger partial charge in [0.25, 0.3) is 0 Å². The topological polar surface area (TPSA) is 109 Å². The Bertz CT molecular complexity index is 1270. The summed E-state index contributed by atoms with van der Waals surface area (Å²) in [5, 5.41) is 6.22. The Morgan fingerprint density at radius 3 is 2.68 bits per heavy atom. The quantitative estimate of drug-likeness (QED) is 0.460. The van der Waals surface area contributed by atoms with Crippen LogP contribution in [0.15, 0.2) is 59.8 Å². The van der Waals surface area contributed by atoms with Gasteiger partial charge in [-0.05, 0) is 62.6 Å². The number of nitrogens with zero attached hydrogens (tertiary/aromatic N) is 4. The lowest BCUT2D eigenvalue weighted by Crippen LogP contribution is -2.44. The van der Waals surface area contributed by atoms with Gasteiger partial charge in [-0.3, -0.25) is 4.21 Å². The standard InChI is InChI=1S/C27H32N6O3S/c1-3-13-29-26(34)30-21-9-7-20(8-10-21)25-31-22(17-23(32-25)33-15-16-36-18-19(33)2)27(11-12-27)37(35)24-6-4-5-14-28-24/h4-10,14,17,19H,3,11-13,15-16,18H2,1-2H3,(H2,29,30,34)/t19-,37?/m0/s1. The summed E-state index contributed by atoms with van der Waals surface area (Å²) in [5.41, 5.74) is 2.28. The molecule has 0 bridgehead atoms. The highest BCUT2D eigenvalue weighted by Crippen LogP contribution is 2.52. The summed E-state index contributed by atoms with van der Waals surface area (Å²) in [6, 6.07) is 14.9. The normalized spacial score (nSPS) is 19.2. The number of ether oxygens (including phenoxy) is 1. The molecule has 0 radical (unpaired) electrons. The first-order chi connectivity index (χ1) is 18.0. The Labute approximate surface area is 219 Å². The van der Waals surface area contributed by atoms with Crippen molar-refractivity contribution in [2.75, 3.05) is 36.5 Å². The van der Waals surface area contributed by atoms with Crippen LogP contribution in [0.2, 0.25) is 0 Å². The zero-order chi connectivity index (χ0) is 25.8. The number of aromatic nitrogens is 3. The van der Waals surface area contributed by atoms with Crippen molar-refractivity contribution < 1.29 is 13.7 Å². The third-order valence-electron chi connectivity index (χ3n) is 6.66. The SMILES string of the molecule is CCCNC(=O)Nc1ccc(-c2nc(N3CCOC[C@@H]3C)cc(C3(S(=O)c4ccccn4)CC3)n2)cc1. The molecular formula is C27H32N6O3S. The number of rotatable bonds is 8. The van der Waals surface area contributed by atoms with Gasteiger partial charge in [0.05, 0.1) is 40.5 Å². The summed E-state index contributed by atoms with van der Waals surface area (Å²) in [6.45, 7) is 6.72. The fraction of sp³-hybridized carbons (Fsp3) is 0.407. The van der Waals surface area contributed by atoms with E-state index >= 15 is 0 Å². The Balaban J connectivity index is 1.49. The molecule has 3 heterocycles. The molecule has 37 heavy (non-hydrogen) atoms. The van der Waals surface area contributed by atoms with Crippen LogP contribution in [0.5, 0.6) is 0 Å². The molecule has 1 saturated carbocycles. The molecule has 10 heteroatoms. The van der Waals surface area contributed by atoms with Gasteiger partial charge in [-0.25, -0.2) is 19.7 Å². The van der Waals surface area contributed by atoms with Crippen molar-refractivity contribution in [1.82, 2.24) is 20.3 Å². The van der Waals surface area contributed by atoms with Crippen LogP contribution in [0.1, 0.15) is 38.8 Å². The summed E-state index contributed by atoms with van der Waals surface area (Å²) >= 11 is 0. The second-order valence-corrected chi connectivity index (χ2v) is 11.2. The third kappa shape index (κ3) is 5.50. The van der Waals surface area contributed by atoms with Crippen molar-refractivity contribution >= 4 is 28.3 Å². The number of hydrogen-bond acceptors (Lipinski definition) is 7. The van der Waals surface area contributed by atoms with Gasteiger partial charge in [-0.2, -0.15) is 0 Å². The van der Waals surface area contributed by atoms with Crippen molar-refractivity contribution in [2.24, 2.45) is 0 Å². The summed E-state index contributed by atoms with van der Waals surface area (Å²) in [4.78, 5) is 28.5. The highest BCUT2D eigenvalue weighted by atomic mass is 32.2. The summed E-state index contributed by atoms with van der Waals surface area (Å²) in [6.07, 6.45) is 4.10. The maximum atomic E-state index is 13.7. The van der Waals surface area contributed by atoms with E-state index in [4.69, 9.17) is 14.7 Å². The molecule has 9 nitrogen and oxygen atoms in total. The fourth-order valence-corrected chi connectivity index (χ4v) is 5.96. The average molecular weight is 521 g/mol. The zero-order valence-corrected chi connectivity index (χ0v) is 22.0. The minimum Gasteiger partial charge on any atom is -0.377 e. The lowest BCUT2D eigenvalue weighted by Gasteiger charge is -2.34. The maximum Gasteiger partial charge on any atom is 0.319 e. The van der Waals surface area contributed by atoms with E-state index in [0.717, 1.165) is 42.9 Å². The van der Waals surface area contributed by atoms with E-state index in [2.05, 4.69) is 27.4 Å². The van der Waals surface area contributed by atoms with E-state index in [-0.39, 0.29) is 12.1 Å². The Hall–Kier alpha value is -3.37. The molecule has 0 spiro atoms. The molecule has 1 aliphatic heterocycles. The predicted molar refractivity (Wildman–Crippen MR) is 144 cm³/mol. The van der Waals surface area contributed by atoms with Gasteiger partial charge < -0.3 is 20.3 Å². The van der Waals surface area contributed by atoms with Crippen LogP contribution in [0.25, 0.3) is 11.4 Å². The van der Waals surface area contributed by atoms with Crippen LogP contribution in [0, 0.1) is 0 Å². The zero-order valence-electron chi connectivity index (χ0n) is 21.1. The van der Waals surface area contributed by atoms with Gasteiger partial charge >= 0.3 is 6.03 Å². The molecule has 1 aromatic carbocycles. The van der Waals surface area contributed by atoms with Crippen molar-refractivity contribution in [3.8, 4) is 11.4 Å². The van der Waals surface area contributed by atoms with Crippen molar-refractivity contribution in [1.29, 1.82) is 0 Å². The summed E-state index contributed by atoms with van der Waals surface area (Å²) in [5.74, 6) is 1.37. The number of morpholine rings is 1. The largest absolute Gasteiger partial charge is 0.377 e. The van der Waals surface area contributed by atoms with Gasteiger partial charge in [-0.15, -0.1) is 0 Å². The highest BCUT2D eigenvalue weighted by Gasteiger charge is 2.53. The monoisotopic (exact) mass is 520 g/mol. The molecule has 2 aromatic heterocycles. The van der Waals surface area contributed by atoms with Crippen LogP contribution in [-0.4, -0.2) is 57.5 Å². The summed E-state index contributed by atoms with van der Waals surface area (Å²) < 4.78 is 18.7. The Morgan fingerprint density at radius 1 is 1.19 bits per heavy atom. The van der Waals surface area contributed by atoms with Crippen molar-refractivity contribution in [3.05, 3.63) is 60.4 Å². The van der Waals surface area contributed by atoms with E-state index in [1.54, 1.807) is 6.20 Å². The molecule has 2 amide bonds. The van der Waals surface area contributed by atoms with Crippen LogP contribution in [0.3, 0.4) is 0 Å². The molecule has 1 unspecified atom stereocenters. The molecule has 5 rings (SSSR count). The molecular weight excluding hydrogens is 488 g/mol. The Kier molecular flexibility index (Phi) is 7.48. The number of anilines is 2. The number of benzene rings is 1. The van der Waals surface area contributed by atoms with E-state index < -0.39 is 15.5 Å². The van der Waals surface area contributed by atoms with Crippen LogP contribution >= 0.6 is 0 Å². The average Bonchev–Trinajstić information content (AvgIpc) is 3.75. The van der Waals surface area contributed by atoms with Gasteiger partial charge in [-0.1, -0.05) is 13.0 Å². The van der Waals surface area contributed by atoms with Gasteiger partial charge in [0.1, 0.15) is 10.8 Å². The minimum absolute atomic E-state index is 0.161. The number of amides is 2. The number of carbonyl (C=O) groups excluding carboxylic acids is 1. The molecule has 2 N–H and O–H groups in total. The number of carbonyl (C=O) groups is 1. The predicted octanol–water partition coefficient (Wildman–Crippen LogP) is 4.09. The maximum absolute atomic E-state index is 13.7. The van der Waals surface area contributed by atoms with E-state index in [1.165, 1.54) is 0 Å². The van der Waals surface area contributed by atoms with Crippen LogP contribution in [-0.2, 0) is 20.3 Å². The molecule has 3 aromatic rings. The van der Waals surface area contributed by atoms with Crippen molar-refractivity contribution in [3.63, 3.8) is 0 Å². The van der Waals surface area contributed by atoms with Crippen molar-refractivity contribution in [2.45, 2.75) is 48.9 Å². The highest BCUT2D eigenvalue weighted by molar-refractivity contribution is 7.86. The first-order valence-corrected chi connectivity index (χ1v) is 13.9. The van der Waals surface area contributed by atoms with Crippen LogP contribution in [0.4, 0.5) is 16.3 Å². The Morgan fingerprint density at radius 2 is 2.00 bits per heavy atom. The number of nitrogens with one attached hydrogen (secondary N) is 2. The van der Waals surface area contributed by atoms with E-state index in [0.29, 0.717) is 36.3 Å². The van der Waals surface area contributed by atoms with Gasteiger partial charge in [0, 0.05) is 36.6 Å². The lowest BCUT2D eigenvalue weighted by molar-refractivity contribution is 0.0985. The molecule has 2 fully saturated rings. The lowest BCUT2D eigenvalue weighted by atomic mass is 10.1. The number of pyridine rings is 1. The first-order valence-electron chi connectivity index (χ1n) is 12.7. The van der Waals surface area contributed by atoms with E-state index in [9.17, 15) is 9.00 Å². The first kappa shape index (κ1) is 25.3. The fourth-order valence-electron chi connectivity index (χ4n) is 4.43. The number of hydrogen-bond donors (Lipinski definition) is 2. The van der Waals surface area contributed by atoms with Gasteiger partial charge in [0.2, 0.25) is 0 Å². The summed E-state index contributed by atoms with van der Waals surface area (Å²) in [7, 11) is -1.33. The van der Waals surface area contributed by atoms with Gasteiger partial charge in [0.15, 0.2) is 5.82 Å². The number of urea groups is 1. The molecule has 194 valence electrons. The molecule has 1 saturated heterocycles. The molecule has 1 aliphatic carbocycles. The molecule has 2 atom stereocenters. The molecule has 2 aliphatic rings. The second kappa shape index (κ2) is 10.9. The minimum atomic E-state index is -1.33. The second-order valence-electron chi connectivity index (χ2n) is 9.44. The third-order valence-corrected chi connectivity index (χ3v) is 8.61. The van der Waals surface area contributed by atoms with Crippen LogP contribution < -0.4 is 15.5 Å². The smallest absolute Gasteiger partial charge is 0.319 e. The van der Waals surface area contributed by atoms with E-state index in [1.807, 2.05) is 55.5 Å².